The van der Waals surface area contributed by atoms with Crippen LogP contribution in [0.1, 0.15) is 18.4 Å². The van der Waals surface area contributed by atoms with E-state index in [2.05, 4.69) is 4.90 Å². The Balaban J connectivity index is 1.48. The standard InChI is InChI=1S/C16H21FN2O2/c17-14-5-3-13(4-6-14)12-18-7-9-19(10-8-18)16(20)15-2-1-11-21-15/h3-6,15H,1-2,7-12H2. The van der Waals surface area contributed by atoms with Crippen molar-refractivity contribution in [2.45, 2.75) is 25.5 Å². The normalized spacial score (nSPS) is 23.5. The van der Waals surface area contributed by atoms with Crippen LogP contribution < -0.4 is 0 Å². The first-order valence-electron chi connectivity index (χ1n) is 7.59. The zero-order chi connectivity index (χ0) is 14.7. The number of hydrogen-bond donors (Lipinski definition) is 0. The fourth-order valence-corrected chi connectivity index (χ4v) is 2.95. The Morgan fingerprint density at radius 2 is 1.90 bits per heavy atom. The topological polar surface area (TPSA) is 32.8 Å². The number of hydrogen-bond acceptors (Lipinski definition) is 3. The maximum Gasteiger partial charge on any atom is 0.251 e. The molecule has 2 aliphatic rings. The highest BCUT2D eigenvalue weighted by Crippen LogP contribution is 2.16. The summed E-state index contributed by atoms with van der Waals surface area (Å²) >= 11 is 0. The second kappa shape index (κ2) is 6.54. The highest BCUT2D eigenvalue weighted by Gasteiger charge is 2.30. The van der Waals surface area contributed by atoms with E-state index in [-0.39, 0.29) is 17.8 Å². The first kappa shape index (κ1) is 14.5. The SMILES string of the molecule is O=C(C1CCCO1)N1CCN(Cc2ccc(F)cc2)CC1. The van der Waals surface area contributed by atoms with Gasteiger partial charge in [-0.05, 0) is 30.5 Å². The third kappa shape index (κ3) is 3.60. The van der Waals surface area contributed by atoms with E-state index in [0.29, 0.717) is 6.61 Å². The minimum atomic E-state index is -0.214. The number of carbonyl (C=O) groups is 1. The molecule has 1 atom stereocenters. The van der Waals surface area contributed by atoms with Crippen molar-refractivity contribution in [3.63, 3.8) is 0 Å². The largest absolute Gasteiger partial charge is 0.368 e. The first-order valence-corrected chi connectivity index (χ1v) is 7.59. The van der Waals surface area contributed by atoms with Crippen molar-refractivity contribution in [1.82, 2.24) is 9.80 Å². The van der Waals surface area contributed by atoms with E-state index in [1.165, 1.54) is 12.1 Å². The molecule has 1 aromatic rings. The molecule has 2 aliphatic heterocycles. The molecule has 0 spiro atoms. The molecule has 2 saturated heterocycles. The smallest absolute Gasteiger partial charge is 0.251 e. The van der Waals surface area contributed by atoms with E-state index in [1.807, 2.05) is 17.0 Å². The second-order valence-corrected chi connectivity index (χ2v) is 5.73. The van der Waals surface area contributed by atoms with Crippen molar-refractivity contribution in [1.29, 1.82) is 0 Å². The van der Waals surface area contributed by atoms with Gasteiger partial charge in [-0.1, -0.05) is 12.1 Å². The molecule has 0 radical (unpaired) electrons. The number of benzene rings is 1. The van der Waals surface area contributed by atoms with Gasteiger partial charge in [0.15, 0.2) is 0 Å². The maximum atomic E-state index is 12.9. The molecular formula is C16H21FN2O2. The fraction of sp³-hybridized carbons (Fsp3) is 0.562. The highest BCUT2D eigenvalue weighted by molar-refractivity contribution is 5.81. The number of rotatable bonds is 3. The molecule has 0 saturated carbocycles. The van der Waals surface area contributed by atoms with Crippen molar-refractivity contribution in [2.75, 3.05) is 32.8 Å². The van der Waals surface area contributed by atoms with Crippen molar-refractivity contribution in [3.05, 3.63) is 35.6 Å². The van der Waals surface area contributed by atoms with E-state index < -0.39 is 0 Å². The fourth-order valence-electron chi connectivity index (χ4n) is 2.95. The highest BCUT2D eigenvalue weighted by atomic mass is 19.1. The Bertz CT molecular complexity index is 478. The van der Waals surface area contributed by atoms with Gasteiger partial charge in [0.2, 0.25) is 0 Å². The molecule has 0 aromatic heterocycles. The molecule has 1 aromatic carbocycles. The van der Waals surface area contributed by atoms with Gasteiger partial charge in [0.25, 0.3) is 5.91 Å². The summed E-state index contributed by atoms with van der Waals surface area (Å²) in [7, 11) is 0. The van der Waals surface area contributed by atoms with Crippen LogP contribution in [0.2, 0.25) is 0 Å². The lowest BCUT2D eigenvalue weighted by atomic mass is 10.1. The van der Waals surface area contributed by atoms with Gasteiger partial charge in [-0.3, -0.25) is 9.69 Å². The van der Waals surface area contributed by atoms with E-state index in [9.17, 15) is 9.18 Å². The Hall–Kier alpha value is -1.46. The number of halogens is 1. The van der Waals surface area contributed by atoms with Crippen molar-refractivity contribution < 1.29 is 13.9 Å². The summed E-state index contributed by atoms with van der Waals surface area (Å²) in [6.07, 6.45) is 1.63. The lowest BCUT2D eigenvalue weighted by Crippen LogP contribution is -2.51. The minimum absolute atomic E-state index is 0.147. The molecule has 2 fully saturated rings. The monoisotopic (exact) mass is 292 g/mol. The first-order chi connectivity index (χ1) is 10.2. The van der Waals surface area contributed by atoms with Crippen LogP contribution in [-0.2, 0) is 16.1 Å². The van der Waals surface area contributed by atoms with E-state index >= 15 is 0 Å². The molecular weight excluding hydrogens is 271 g/mol. The predicted octanol–water partition coefficient (Wildman–Crippen LogP) is 1.65. The molecule has 2 heterocycles. The number of piperazine rings is 1. The average Bonchev–Trinajstić information content (AvgIpc) is 3.04. The molecule has 0 N–H and O–H groups in total. The summed E-state index contributed by atoms with van der Waals surface area (Å²) in [5, 5.41) is 0. The molecule has 21 heavy (non-hydrogen) atoms. The van der Waals surface area contributed by atoms with E-state index in [1.54, 1.807) is 0 Å². The molecule has 1 amide bonds. The predicted molar refractivity (Wildman–Crippen MR) is 77.2 cm³/mol. The van der Waals surface area contributed by atoms with E-state index in [0.717, 1.165) is 51.1 Å². The van der Waals surface area contributed by atoms with Crippen LogP contribution in [-0.4, -0.2) is 54.6 Å². The number of amides is 1. The molecule has 0 aliphatic carbocycles. The molecule has 0 bridgehead atoms. The van der Waals surface area contributed by atoms with Gasteiger partial charge in [-0.15, -0.1) is 0 Å². The van der Waals surface area contributed by atoms with Gasteiger partial charge in [0.05, 0.1) is 0 Å². The van der Waals surface area contributed by atoms with Gasteiger partial charge < -0.3 is 9.64 Å². The van der Waals surface area contributed by atoms with Gasteiger partial charge in [-0.2, -0.15) is 0 Å². The molecule has 114 valence electrons. The zero-order valence-electron chi connectivity index (χ0n) is 12.1. The summed E-state index contributed by atoms with van der Waals surface area (Å²) in [5.41, 5.74) is 1.11. The van der Waals surface area contributed by atoms with Crippen LogP contribution in [0.15, 0.2) is 24.3 Å². The Morgan fingerprint density at radius 1 is 1.19 bits per heavy atom. The maximum absolute atomic E-state index is 12.9. The van der Waals surface area contributed by atoms with Crippen molar-refractivity contribution in [2.24, 2.45) is 0 Å². The summed E-state index contributed by atoms with van der Waals surface area (Å²) < 4.78 is 18.3. The quantitative estimate of drug-likeness (QED) is 0.849. The van der Waals surface area contributed by atoms with Gasteiger partial charge >= 0.3 is 0 Å². The van der Waals surface area contributed by atoms with Crippen LogP contribution in [0.5, 0.6) is 0 Å². The summed E-state index contributed by atoms with van der Waals surface area (Å²) in [6.45, 7) is 4.73. The van der Waals surface area contributed by atoms with Crippen molar-refractivity contribution >= 4 is 5.91 Å². The molecule has 5 heteroatoms. The average molecular weight is 292 g/mol. The van der Waals surface area contributed by atoms with Crippen molar-refractivity contribution in [3.8, 4) is 0 Å². The van der Waals surface area contributed by atoms with Gasteiger partial charge in [-0.25, -0.2) is 4.39 Å². The molecule has 1 unspecified atom stereocenters. The summed E-state index contributed by atoms with van der Waals surface area (Å²) in [6, 6.07) is 6.62. The Morgan fingerprint density at radius 3 is 2.52 bits per heavy atom. The van der Waals surface area contributed by atoms with Crippen LogP contribution in [0.4, 0.5) is 4.39 Å². The van der Waals surface area contributed by atoms with Crippen LogP contribution in [0.25, 0.3) is 0 Å². The summed E-state index contributed by atoms with van der Waals surface area (Å²) in [4.78, 5) is 16.5. The lowest BCUT2D eigenvalue weighted by molar-refractivity contribution is -0.142. The summed E-state index contributed by atoms with van der Waals surface area (Å²) in [5.74, 6) is -0.0559. The Labute approximate surface area is 124 Å². The zero-order valence-corrected chi connectivity index (χ0v) is 12.1. The number of ether oxygens (including phenoxy) is 1. The van der Waals surface area contributed by atoms with Crippen LogP contribution in [0, 0.1) is 5.82 Å². The molecule has 4 nitrogen and oxygen atoms in total. The van der Waals surface area contributed by atoms with Crippen LogP contribution >= 0.6 is 0 Å². The number of nitrogens with zero attached hydrogens (tertiary/aromatic N) is 2. The van der Waals surface area contributed by atoms with Gasteiger partial charge in [0, 0.05) is 39.3 Å². The third-order valence-corrected chi connectivity index (χ3v) is 4.21. The second-order valence-electron chi connectivity index (χ2n) is 5.73. The molecule has 3 rings (SSSR count). The van der Waals surface area contributed by atoms with Crippen LogP contribution in [0.3, 0.4) is 0 Å². The number of carbonyl (C=O) groups excluding carboxylic acids is 1. The third-order valence-electron chi connectivity index (χ3n) is 4.21. The Kier molecular flexibility index (Phi) is 4.51. The van der Waals surface area contributed by atoms with E-state index in [4.69, 9.17) is 4.74 Å². The lowest BCUT2D eigenvalue weighted by Gasteiger charge is -2.35. The minimum Gasteiger partial charge on any atom is -0.368 e. The van der Waals surface area contributed by atoms with Gasteiger partial charge in [0.1, 0.15) is 11.9 Å².